The predicted molar refractivity (Wildman–Crippen MR) is 81.5 cm³/mol. The first-order valence-electron chi connectivity index (χ1n) is 5.52. The summed E-state index contributed by atoms with van der Waals surface area (Å²) in [7, 11) is 0. The molecule has 1 aromatic heterocycles. The lowest BCUT2D eigenvalue weighted by atomic mass is 10.1. The van der Waals surface area contributed by atoms with Crippen LogP contribution in [0.2, 0.25) is 0 Å². The zero-order valence-corrected chi connectivity index (χ0v) is 12.8. The Balaban J connectivity index is 2.32. The van der Waals surface area contributed by atoms with Gasteiger partial charge in [0.1, 0.15) is 4.88 Å². The molecule has 0 aliphatic carbocycles. The summed E-state index contributed by atoms with van der Waals surface area (Å²) in [6.07, 6.45) is 1.51. The standard InChI is InChI=1S/C12H11BrN4O2S/c1-6-15-5-10(20-6)12(18)16-9-3-2-7(13)4-8(9)11(14)17-19/h2-5,19H,1H3,(H2,14,17)(H,16,18). The van der Waals surface area contributed by atoms with Gasteiger partial charge in [0.05, 0.1) is 16.9 Å². The van der Waals surface area contributed by atoms with Crippen LogP contribution in [0.15, 0.2) is 34.0 Å². The SMILES string of the molecule is Cc1ncc(C(=O)Nc2ccc(Br)cc2/C(N)=N/O)s1. The molecule has 2 aromatic rings. The quantitative estimate of drug-likeness (QED) is 0.341. The van der Waals surface area contributed by atoms with Gasteiger partial charge >= 0.3 is 0 Å². The second kappa shape index (κ2) is 6.02. The van der Waals surface area contributed by atoms with Crippen LogP contribution in [0.5, 0.6) is 0 Å². The van der Waals surface area contributed by atoms with E-state index in [0.717, 1.165) is 9.48 Å². The molecule has 104 valence electrons. The van der Waals surface area contributed by atoms with Gasteiger partial charge in [-0.15, -0.1) is 11.3 Å². The number of rotatable bonds is 3. The van der Waals surface area contributed by atoms with Crippen molar-refractivity contribution in [2.75, 3.05) is 5.32 Å². The normalized spacial score (nSPS) is 11.4. The molecule has 0 aliphatic heterocycles. The summed E-state index contributed by atoms with van der Waals surface area (Å²) >= 11 is 4.59. The summed E-state index contributed by atoms with van der Waals surface area (Å²) in [5.41, 5.74) is 6.49. The molecule has 0 unspecified atom stereocenters. The van der Waals surface area contributed by atoms with Crippen LogP contribution in [0.4, 0.5) is 5.69 Å². The van der Waals surface area contributed by atoms with Crippen LogP contribution < -0.4 is 11.1 Å². The second-order valence-electron chi connectivity index (χ2n) is 3.87. The molecule has 0 saturated carbocycles. The van der Waals surface area contributed by atoms with Gasteiger partial charge in [0, 0.05) is 10.0 Å². The number of halogens is 1. The van der Waals surface area contributed by atoms with Gasteiger partial charge in [-0.3, -0.25) is 4.79 Å². The molecule has 0 bridgehead atoms. The van der Waals surface area contributed by atoms with Gasteiger partial charge in [-0.1, -0.05) is 21.1 Å². The summed E-state index contributed by atoms with van der Waals surface area (Å²) in [6, 6.07) is 5.08. The number of oxime groups is 1. The number of benzene rings is 1. The first-order valence-corrected chi connectivity index (χ1v) is 7.13. The number of amides is 1. The van der Waals surface area contributed by atoms with E-state index in [2.05, 4.69) is 31.4 Å². The number of aryl methyl sites for hydroxylation is 1. The molecule has 0 fully saturated rings. The Labute approximate surface area is 127 Å². The van der Waals surface area contributed by atoms with Gasteiger partial charge in [-0.05, 0) is 25.1 Å². The van der Waals surface area contributed by atoms with Crippen LogP contribution in [0.3, 0.4) is 0 Å². The maximum absolute atomic E-state index is 12.1. The molecule has 1 heterocycles. The van der Waals surface area contributed by atoms with E-state index in [9.17, 15) is 4.79 Å². The van der Waals surface area contributed by atoms with Gasteiger partial charge < -0.3 is 16.3 Å². The molecule has 2 rings (SSSR count). The van der Waals surface area contributed by atoms with Gasteiger partial charge in [0.15, 0.2) is 5.84 Å². The number of hydrogen-bond acceptors (Lipinski definition) is 5. The monoisotopic (exact) mass is 354 g/mol. The topological polar surface area (TPSA) is 101 Å². The molecular weight excluding hydrogens is 344 g/mol. The number of thiazole rings is 1. The zero-order chi connectivity index (χ0) is 14.7. The van der Waals surface area contributed by atoms with Crippen molar-refractivity contribution in [2.45, 2.75) is 6.92 Å². The van der Waals surface area contributed by atoms with Crippen molar-refractivity contribution < 1.29 is 10.0 Å². The Morgan fingerprint density at radius 1 is 1.55 bits per heavy atom. The van der Waals surface area contributed by atoms with Gasteiger partial charge in [-0.25, -0.2) is 4.98 Å². The second-order valence-corrected chi connectivity index (χ2v) is 6.02. The summed E-state index contributed by atoms with van der Waals surface area (Å²) < 4.78 is 0.755. The van der Waals surface area contributed by atoms with Gasteiger partial charge in [0.2, 0.25) is 0 Å². The highest BCUT2D eigenvalue weighted by molar-refractivity contribution is 9.10. The number of carbonyl (C=O) groups excluding carboxylic acids is 1. The summed E-state index contributed by atoms with van der Waals surface area (Å²) in [6.45, 7) is 1.82. The summed E-state index contributed by atoms with van der Waals surface area (Å²) in [4.78, 5) is 16.6. The van der Waals surface area contributed by atoms with Crippen LogP contribution in [-0.2, 0) is 0 Å². The van der Waals surface area contributed by atoms with Crippen LogP contribution in [0.1, 0.15) is 20.2 Å². The van der Waals surface area contributed by atoms with E-state index in [1.807, 2.05) is 6.92 Å². The molecule has 1 aromatic carbocycles. The number of nitrogens with zero attached hydrogens (tertiary/aromatic N) is 2. The fourth-order valence-corrected chi connectivity index (χ4v) is 2.58. The van der Waals surface area contributed by atoms with Gasteiger partial charge in [0.25, 0.3) is 5.91 Å². The smallest absolute Gasteiger partial charge is 0.267 e. The minimum atomic E-state index is -0.287. The highest BCUT2D eigenvalue weighted by Crippen LogP contribution is 2.22. The zero-order valence-electron chi connectivity index (χ0n) is 10.4. The highest BCUT2D eigenvalue weighted by atomic mass is 79.9. The lowest BCUT2D eigenvalue weighted by Gasteiger charge is -2.09. The average molecular weight is 355 g/mol. The molecule has 0 aliphatic rings. The number of aromatic nitrogens is 1. The van der Waals surface area contributed by atoms with Crippen LogP contribution in [-0.4, -0.2) is 21.9 Å². The molecule has 0 atom stereocenters. The molecule has 0 radical (unpaired) electrons. The molecule has 1 amide bonds. The molecule has 6 nitrogen and oxygen atoms in total. The minimum Gasteiger partial charge on any atom is -0.409 e. The Hall–Kier alpha value is -1.93. The number of amidine groups is 1. The van der Waals surface area contributed by atoms with E-state index in [1.54, 1.807) is 18.2 Å². The number of hydrogen-bond donors (Lipinski definition) is 3. The fourth-order valence-electron chi connectivity index (χ4n) is 1.54. The first kappa shape index (κ1) is 14.5. The minimum absolute atomic E-state index is 0.0814. The van der Waals surface area contributed by atoms with Crippen molar-refractivity contribution in [1.82, 2.24) is 4.98 Å². The molecule has 0 spiro atoms. The molecule has 4 N–H and O–H groups in total. The Morgan fingerprint density at radius 2 is 2.30 bits per heavy atom. The van der Waals surface area contributed by atoms with E-state index in [-0.39, 0.29) is 11.7 Å². The Kier molecular flexibility index (Phi) is 4.35. The largest absolute Gasteiger partial charge is 0.409 e. The lowest BCUT2D eigenvalue weighted by molar-refractivity contribution is 0.103. The summed E-state index contributed by atoms with van der Waals surface area (Å²) in [5.74, 6) is -0.369. The van der Waals surface area contributed by atoms with E-state index in [0.29, 0.717) is 16.1 Å². The molecule has 8 heteroatoms. The number of carbonyl (C=O) groups is 1. The third-order valence-electron chi connectivity index (χ3n) is 2.46. The number of anilines is 1. The maximum atomic E-state index is 12.1. The van der Waals surface area contributed by atoms with E-state index in [4.69, 9.17) is 10.9 Å². The average Bonchev–Trinajstić information content (AvgIpc) is 2.86. The highest BCUT2D eigenvalue weighted by Gasteiger charge is 2.14. The lowest BCUT2D eigenvalue weighted by Crippen LogP contribution is -2.18. The van der Waals surface area contributed by atoms with Crippen LogP contribution in [0, 0.1) is 6.92 Å². The summed E-state index contributed by atoms with van der Waals surface area (Å²) in [5, 5.41) is 15.3. The van der Waals surface area contributed by atoms with Crippen molar-refractivity contribution in [3.63, 3.8) is 0 Å². The maximum Gasteiger partial charge on any atom is 0.267 e. The third kappa shape index (κ3) is 3.14. The van der Waals surface area contributed by atoms with Crippen molar-refractivity contribution in [3.05, 3.63) is 44.3 Å². The van der Waals surface area contributed by atoms with Crippen molar-refractivity contribution >= 4 is 44.7 Å². The van der Waals surface area contributed by atoms with E-state index >= 15 is 0 Å². The number of nitrogens with two attached hydrogens (primary N) is 1. The van der Waals surface area contributed by atoms with Crippen LogP contribution in [0.25, 0.3) is 0 Å². The van der Waals surface area contributed by atoms with Crippen LogP contribution >= 0.6 is 27.3 Å². The van der Waals surface area contributed by atoms with E-state index in [1.165, 1.54) is 17.5 Å². The molecule has 20 heavy (non-hydrogen) atoms. The molecular formula is C12H11BrN4O2S. The Bertz CT molecular complexity index is 684. The third-order valence-corrected chi connectivity index (χ3v) is 3.86. The first-order chi connectivity index (χ1) is 9.51. The van der Waals surface area contributed by atoms with E-state index < -0.39 is 0 Å². The fraction of sp³-hybridized carbons (Fsp3) is 0.0833. The molecule has 0 saturated heterocycles. The van der Waals surface area contributed by atoms with Gasteiger partial charge in [-0.2, -0.15) is 0 Å². The van der Waals surface area contributed by atoms with Crippen molar-refractivity contribution in [3.8, 4) is 0 Å². The van der Waals surface area contributed by atoms with Crippen molar-refractivity contribution in [2.24, 2.45) is 10.9 Å². The number of nitrogens with one attached hydrogen (secondary N) is 1. The predicted octanol–water partition coefficient (Wildman–Crippen LogP) is 2.56. The Morgan fingerprint density at radius 3 is 2.90 bits per heavy atom. The van der Waals surface area contributed by atoms with Crippen molar-refractivity contribution in [1.29, 1.82) is 0 Å².